The fourth-order valence-electron chi connectivity index (χ4n) is 4.99. The van der Waals surface area contributed by atoms with Gasteiger partial charge < -0.3 is 0 Å². The maximum Gasteiger partial charge on any atom is 0.183 e. The Morgan fingerprint density at radius 1 is 1.03 bits per heavy atom. The molecule has 1 saturated heterocycles. The number of allylic oxidation sites excluding steroid dienone is 4. The summed E-state index contributed by atoms with van der Waals surface area (Å²) in [6, 6.07) is 18.9. The molecule has 0 amide bonds. The number of alkyl halides is 1. The average molecular weight is 525 g/mol. The molecule has 2 aromatic rings. The molecule has 1 aliphatic carbocycles. The summed E-state index contributed by atoms with van der Waals surface area (Å²) < 4.78 is 0.579. The molecule has 2 nitrogen and oxygen atoms in total. The topological polar surface area (TPSA) is 20.3 Å². The minimum Gasteiger partial charge on any atom is -0.292 e. The fourth-order valence-corrected chi connectivity index (χ4v) is 5.45. The van der Waals surface area contributed by atoms with Crippen molar-refractivity contribution in [2.75, 3.05) is 13.1 Å². The maximum absolute atomic E-state index is 14.1. The lowest BCUT2D eigenvalue weighted by molar-refractivity contribution is 0.0436. The Kier molecular flexibility index (Phi) is 7.44. The third-order valence-electron chi connectivity index (χ3n) is 6.84. The Balaban J connectivity index is 1.64. The molecule has 0 saturated carbocycles. The van der Waals surface area contributed by atoms with Crippen molar-refractivity contribution in [3.8, 4) is 0 Å². The molecule has 1 fully saturated rings. The number of piperidine rings is 1. The largest absolute Gasteiger partial charge is 0.292 e. The summed E-state index contributed by atoms with van der Waals surface area (Å²) in [4.78, 5) is 16.5. The van der Waals surface area contributed by atoms with Crippen molar-refractivity contribution < 1.29 is 4.79 Å². The van der Waals surface area contributed by atoms with Gasteiger partial charge in [0, 0.05) is 9.49 Å². The molecule has 2 aliphatic rings. The molecule has 4 rings (SSSR count). The molecule has 2 atom stereocenters. The molecule has 0 spiro atoms. The number of likely N-dealkylation sites (tertiary alicyclic amines) is 1. The number of carbonyl (C=O) groups is 1. The van der Waals surface area contributed by atoms with Crippen molar-refractivity contribution >= 4 is 33.9 Å². The lowest BCUT2D eigenvalue weighted by Crippen LogP contribution is -2.57. The zero-order chi connectivity index (χ0) is 21.7. The normalized spacial score (nSPS) is 21.4. The second kappa shape index (κ2) is 10.3. The molecule has 3 heteroatoms. The monoisotopic (exact) mass is 525 g/mol. The summed E-state index contributed by atoms with van der Waals surface area (Å²) in [5.41, 5.74) is 4.06. The second-order valence-corrected chi connectivity index (χ2v) is 10.4. The van der Waals surface area contributed by atoms with Gasteiger partial charge in [0.2, 0.25) is 0 Å². The van der Waals surface area contributed by atoms with Gasteiger partial charge in [-0.3, -0.25) is 9.69 Å². The lowest BCUT2D eigenvalue weighted by Gasteiger charge is -2.44. The van der Waals surface area contributed by atoms with Crippen molar-refractivity contribution in [2.45, 2.75) is 54.9 Å². The first kappa shape index (κ1) is 22.5. The first-order chi connectivity index (χ1) is 15.1. The van der Waals surface area contributed by atoms with Crippen molar-refractivity contribution in [1.29, 1.82) is 0 Å². The molecule has 2 aromatic carbocycles. The Labute approximate surface area is 200 Å². The van der Waals surface area contributed by atoms with Crippen LogP contribution in [-0.4, -0.2) is 33.2 Å². The summed E-state index contributed by atoms with van der Waals surface area (Å²) in [5.74, 6) is 0.271. The van der Waals surface area contributed by atoms with Gasteiger partial charge in [-0.15, -0.1) is 0 Å². The SMILES string of the molecule is CCC(Cc1ccccc1)(C(=O)c1ccc(C2=CCC(I)C=C2)cc1)N1CCCCC1. The number of carbonyl (C=O) groups excluding carboxylic acids is 1. The van der Waals surface area contributed by atoms with Crippen molar-refractivity contribution in [2.24, 2.45) is 0 Å². The van der Waals surface area contributed by atoms with E-state index in [9.17, 15) is 4.79 Å². The van der Waals surface area contributed by atoms with E-state index in [-0.39, 0.29) is 5.78 Å². The fraction of sp³-hybridized carbons (Fsp3) is 0.393. The van der Waals surface area contributed by atoms with Crippen LogP contribution < -0.4 is 0 Å². The molecule has 2 unspecified atom stereocenters. The van der Waals surface area contributed by atoms with Gasteiger partial charge in [0.05, 0.1) is 5.54 Å². The van der Waals surface area contributed by atoms with Crippen LogP contribution in [-0.2, 0) is 6.42 Å². The first-order valence-corrected chi connectivity index (χ1v) is 12.8. The molecular formula is C28H32INO. The number of hydrogen-bond donors (Lipinski definition) is 0. The minimum atomic E-state index is -0.471. The highest BCUT2D eigenvalue weighted by Crippen LogP contribution is 2.33. The van der Waals surface area contributed by atoms with Crippen LogP contribution in [0.1, 0.15) is 60.5 Å². The Morgan fingerprint density at radius 2 is 1.74 bits per heavy atom. The third-order valence-corrected chi connectivity index (χ3v) is 7.76. The van der Waals surface area contributed by atoms with Crippen LogP contribution in [0.5, 0.6) is 0 Å². The number of hydrogen-bond acceptors (Lipinski definition) is 2. The van der Waals surface area contributed by atoms with Gasteiger partial charge in [-0.05, 0) is 61.9 Å². The highest BCUT2D eigenvalue weighted by atomic mass is 127. The van der Waals surface area contributed by atoms with E-state index in [4.69, 9.17) is 0 Å². The van der Waals surface area contributed by atoms with Crippen molar-refractivity contribution in [1.82, 2.24) is 4.90 Å². The predicted octanol–water partition coefficient (Wildman–Crippen LogP) is 6.89. The lowest BCUT2D eigenvalue weighted by atomic mass is 9.78. The van der Waals surface area contributed by atoms with E-state index in [0.717, 1.165) is 37.9 Å². The smallest absolute Gasteiger partial charge is 0.183 e. The maximum atomic E-state index is 14.1. The molecule has 31 heavy (non-hydrogen) atoms. The molecular weight excluding hydrogens is 493 g/mol. The number of benzene rings is 2. The first-order valence-electron chi connectivity index (χ1n) is 11.6. The Morgan fingerprint density at radius 3 is 2.35 bits per heavy atom. The summed E-state index contributed by atoms with van der Waals surface area (Å²) in [5, 5.41) is 0. The highest BCUT2D eigenvalue weighted by Gasteiger charge is 2.43. The summed E-state index contributed by atoms with van der Waals surface area (Å²) in [6.45, 7) is 4.21. The van der Waals surface area contributed by atoms with Crippen LogP contribution in [0.15, 0.2) is 72.8 Å². The van der Waals surface area contributed by atoms with Crippen LogP contribution in [0.2, 0.25) is 0 Å². The van der Waals surface area contributed by atoms with Gasteiger partial charge in [-0.1, -0.05) is 109 Å². The van der Waals surface area contributed by atoms with Gasteiger partial charge in [0.15, 0.2) is 5.78 Å². The number of nitrogens with zero attached hydrogens (tertiary/aromatic N) is 1. The molecule has 1 aliphatic heterocycles. The number of rotatable bonds is 7. The van der Waals surface area contributed by atoms with Gasteiger partial charge >= 0.3 is 0 Å². The zero-order valence-electron chi connectivity index (χ0n) is 18.4. The Hall–Kier alpha value is -1.72. The molecule has 0 bridgehead atoms. The van der Waals surface area contributed by atoms with E-state index in [1.807, 2.05) is 18.2 Å². The number of Topliss-reactive ketones (excluding diaryl/α,β-unsaturated/α-hetero) is 1. The van der Waals surface area contributed by atoms with E-state index in [2.05, 4.69) is 89.0 Å². The van der Waals surface area contributed by atoms with Crippen LogP contribution >= 0.6 is 22.6 Å². The predicted molar refractivity (Wildman–Crippen MR) is 139 cm³/mol. The van der Waals surface area contributed by atoms with Crippen LogP contribution in [0.3, 0.4) is 0 Å². The van der Waals surface area contributed by atoms with E-state index in [1.54, 1.807) is 0 Å². The standard InChI is InChI=1S/C28H32INO/c1-2-28(30-19-7-4-8-20-30,21-22-9-5-3-6-10-22)27(31)25-13-11-23(12-14-25)24-15-17-26(29)18-16-24/h3,5-6,9-17,26H,2,4,7-8,18-21H2,1H3. The van der Waals surface area contributed by atoms with E-state index >= 15 is 0 Å². The quantitative estimate of drug-likeness (QED) is 0.223. The van der Waals surface area contributed by atoms with Crippen molar-refractivity contribution in [3.05, 3.63) is 89.5 Å². The summed E-state index contributed by atoms with van der Waals surface area (Å²) >= 11 is 2.46. The van der Waals surface area contributed by atoms with Gasteiger partial charge in [0.25, 0.3) is 0 Å². The number of ketones is 1. The molecule has 0 aromatic heterocycles. The van der Waals surface area contributed by atoms with E-state index in [0.29, 0.717) is 3.92 Å². The molecule has 162 valence electrons. The Bertz CT molecular complexity index is 941. The van der Waals surface area contributed by atoms with Gasteiger partial charge in [-0.2, -0.15) is 0 Å². The second-order valence-electron chi connectivity index (χ2n) is 8.77. The molecule has 0 radical (unpaired) electrons. The third kappa shape index (κ3) is 5.04. The van der Waals surface area contributed by atoms with Crippen molar-refractivity contribution in [3.63, 3.8) is 0 Å². The highest BCUT2D eigenvalue weighted by molar-refractivity contribution is 14.1. The summed E-state index contributed by atoms with van der Waals surface area (Å²) in [6.07, 6.45) is 13.1. The van der Waals surface area contributed by atoms with E-state index < -0.39 is 5.54 Å². The summed E-state index contributed by atoms with van der Waals surface area (Å²) in [7, 11) is 0. The molecule has 1 heterocycles. The van der Waals surface area contributed by atoms with E-state index in [1.165, 1.54) is 36.0 Å². The minimum absolute atomic E-state index is 0.271. The molecule has 0 N–H and O–H groups in total. The average Bonchev–Trinajstić information content (AvgIpc) is 2.84. The van der Waals surface area contributed by atoms with Crippen LogP contribution in [0.25, 0.3) is 5.57 Å². The van der Waals surface area contributed by atoms with Crippen LogP contribution in [0.4, 0.5) is 0 Å². The van der Waals surface area contributed by atoms with Gasteiger partial charge in [-0.25, -0.2) is 0 Å². The van der Waals surface area contributed by atoms with Gasteiger partial charge in [0.1, 0.15) is 0 Å². The zero-order valence-corrected chi connectivity index (χ0v) is 20.6. The number of halogens is 1. The van der Waals surface area contributed by atoms with Crippen LogP contribution in [0, 0.1) is 0 Å².